The molecule has 0 fully saturated rings. The van der Waals surface area contributed by atoms with Crippen molar-refractivity contribution in [2.75, 3.05) is 7.05 Å². The van der Waals surface area contributed by atoms with Crippen molar-refractivity contribution in [2.45, 2.75) is 19.4 Å². The van der Waals surface area contributed by atoms with Gasteiger partial charge in [-0.1, -0.05) is 0 Å². The first-order valence-corrected chi connectivity index (χ1v) is 3.80. The van der Waals surface area contributed by atoms with Crippen LogP contribution in [0, 0.1) is 11.8 Å². The number of nitrogens with zero attached hydrogens (tertiary/aromatic N) is 2. The Bertz CT molecular complexity index is 267. The summed E-state index contributed by atoms with van der Waals surface area (Å²) >= 11 is 0. The fraction of sp³-hybridized carbons (Fsp3) is 0.500. The fourth-order valence-corrected chi connectivity index (χ4v) is 0.922. The summed E-state index contributed by atoms with van der Waals surface area (Å²) in [6.45, 7) is 1.83. The SMILES string of the molecule is CC#CCC(NC)c1ncn[nH]1. The van der Waals surface area contributed by atoms with Gasteiger partial charge in [-0.05, 0) is 14.0 Å². The zero-order chi connectivity index (χ0) is 8.81. The molecule has 0 aromatic carbocycles. The molecule has 0 spiro atoms. The third-order valence-electron chi connectivity index (χ3n) is 1.60. The highest BCUT2D eigenvalue weighted by molar-refractivity contribution is 5.03. The number of nitrogens with one attached hydrogen (secondary N) is 2. The predicted molar refractivity (Wildman–Crippen MR) is 46.3 cm³/mol. The van der Waals surface area contributed by atoms with E-state index in [0.29, 0.717) is 0 Å². The molecular formula is C8H12N4. The normalized spacial score (nSPS) is 11.8. The molecule has 64 valence electrons. The van der Waals surface area contributed by atoms with Gasteiger partial charge < -0.3 is 5.32 Å². The molecule has 0 aliphatic rings. The van der Waals surface area contributed by atoms with Crippen LogP contribution in [0.15, 0.2) is 6.33 Å². The highest BCUT2D eigenvalue weighted by atomic mass is 15.2. The summed E-state index contributed by atoms with van der Waals surface area (Å²) in [4.78, 5) is 4.04. The molecule has 0 aliphatic carbocycles. The van der Waals surface area contributed by atoms with Gasteiger partial charge in [0.05, 0.1) is 6.04 Å². The Balaban J connectivity index is 2.61. The molecule has 0 bridgehead atoms. The van der Waals surface area contributed by atoms with Crippen molar-refractivity contribution < 1.29 is 0 Å². The van der Waals surface area contributed by atoms with Gasteiger partial charge >= 0.3 is 0 Å². The standard InChI is InChI=1S/C8H12N4/c1-3-4-5-7(9-2)8-10-6-11-12-8/h6-7,9H,5H2,1-2H3,(H,10,11,12). The largest absolute Gasteiger partial charge is 0.310 e. The maximum Gasteiger partial charge on any atom is 0.142 e. The van der Waals surface area contributed by atoms with E-state index in [1.165, 1.54) is 6.33 Å². The molecule has 12 heavy (non-hydrogen) atoms. The molecule has 0 saturated carbocycles. The predicted octanol–water partition coefficient (Wildman–Crippen LogP) is 0.479. The van der Waals surface area contributed by atoms with Crippen molar-refractivity contribution in [3.63, 3.8) is 0 Å². The summed E-state index contributed by atoms with van der Waals surface area (Å²) in [5.41, 5.74) is 0. The third kappa shape index (κ3) is 2.07. The van der Waals surface area contributed by atoms with Crippen LogP contribution in [0.25, 0.3) is 0 Å². The molecule has 1 unspecified atom stereocenters. The summed E-state index contributed by atoms with van der Waals surface area (Å²) < 4.78 is 0. The van der Waals surface area contributed by atoms with E-state index >= 15 is 0 Å². The minimum atomic E-state index is 0.153. The zero-order valence-electron chi connectivity index (χ0n) is 7.26. The van der Waals surface area contributed by atoms with E-state index in [4.69, 9.17) is 0 Å². The van der Waals surface area contributed by atoms with Crippen LogP contribution in [-0.4, -0.2) is 22.2 Å². The highest BCUT2D eigenvalue weighted by Crippen LogP contribution is 2.08. The van der Waals surface area contributed by atoms with Crippen LogP contribution >= 0.6 is 0 Å². The number of H-pyrrole nitrogens is 1. The van der Waals surface area contributed by atoms with E-state index in [1.54, 1.807) is 0 Å². The van der Waals surface area contributed by atoms with Gasteiger partial charge in [-0.15, -0.1) is 11.8 Å². The van der Waals surface area contributed by atoms with E-state index in [2.05, 4.69) is 32.3 Å². The summed E-state index contributed by atoms with van der Waals surface area (Å²) in [6, 6.07) is 0.153. The van der Waals surface area contributed by atoms with Crippen LogP contribution in [-0.2, 0) is 0 Å². The topological polar surface area (TPSA) is 53.6 Å². The number of rotatable bonds is 3. The monoisotopic (exact) mass is 164 g/mol. The van der Waals surface area contributed by atoms with Gasteiger partial charge in [0.1, 0.15) is 12.2 Å². The van der Waals surface area contributed by atoms with Gasteiger partial charge in [-0.2, -0.15) is 5.10 Å². The average molecular weight is 164 g/mol. The lowest BCUT2D eigenvalue weighted by Gasteiger charge is -2.07. The Labute approximate surface area is 71.8 Å². The summed E-state index contributed by atoms with van der Waals surface area (Å²) in [5, 5.41) is 9.68. The molecule has 0 amide bonds. The molecule has 1 heterocycles. The van der Waals surface area contributed by atoms with Crippen molar-refractivity contribution in [1.29, 1.82) is 0 Å². The van der Waals surface area contributed by atoms with Crippen LogP contribution in [0.1, 0.15) is 25.2 Å². The number of aromatic amines is 1. The molecular weight excluding hydrogens is 152 g/mol. The second-order valence-electron chi connectivity index (χ2n) is 2.34. The molecule has 0 saturated heterocycles. The molecule has 4 heteroatoms. The molecule has 0 radical (unpaired) electrons. The molecule has 1 aromatic rings. The minimum absolute atomic E-state index is 0.153. The molecule has 1 rings (SSSR count). The second-order valence-corrected chi connectivity index (χ2v) is 2.34. The molecule has 0 aliphatic heterocycles. The maximum atomic E-state index is 4.04. The van der Waals surface area contributed by atoms with Crippen molar-refractivity contribution in [3.05, 3.63) is 12.2 Å². The van der Waals surface area contributed by atoms with Gasteiger partial charge in [0.15, 0.2) is 0 Å². The van der Waals surface area contributed by atoms with Gasteiger partial charge in [-0.3, -0.25) is 5.10 Å². The van der Waals surface area contributed by atoms with E-state index < -0.39 is 0 Å². The fourth-order valence-electron chi connectivity index (χ4n) is 0.922. The van der Waals surface area contributed by atoms with E-state index in [1.807, 2.05) is 14.0 Å². The summed E-state index contributed by atoms with van der Waals surface area (Å²) in [7, 11) is 1.88. The lowest BCUT2D eigenvalue weighted by atomic mass is 10.2. The van der Waals surface area contributed by atoms with Gasteiger partial charge in [0.25, 0.3) is 0 Å². The van der Waals surface area contributed by atoms with Crippen molar-refractivity contribution >= 4 is 0 Å². The van der Waals surface area contributed by atoms with Crippen molar-refractivity contribution in [3.8, 4) is 11.8 Å². The number of hydrogen-bond donors (Lipinski definition) is 2. The third-order valence-corrected chi connectivity index (χ3v) is 1.60. The number of hydrogen-bond acceptors (Lipinski definition) is 3. The molecule has 1 atom stereocenters. The quantitative estimate of drug-likeness (QED) is 0.639. The van der Waals surface area contributed by atoms with Crippen LogP contribution in [0.2, 0.25) is 0 Å². The first-order chi connectivity index (χ1) is 5.88. The van der Waals surface area contributed by atoms with Gasteiger partial charge in [-0.25, -0.2) is 4.98 Å². The Hall–Kier alpha value is -1.34. The van der Waals surface area contributed by atoms with Crippen molar-refractivity contribution in [2.24, 2.45) is 0 Å². The summed E-state index contributed by atoms with van der Waals surface area (Å²) in [5.74, 6) is 6.66. The van der Waals surface area contributed by atoms with Gasteiger partial charge in [0, 0.05) is 6.42 Å². The van der Waals surface area contributed by atoms with E-state index in [-0.39, 0.29) is 6.04 Å². The lowest BCUT2D eigenvalue weighted by Crippen LogP contribution is -2.17. The van der Waals surface area contributed by atoms with Crippen LogP contribution in [0.5, 0.6) is 0 Å². The highest BCUT2D eigenvalue weighted by Gasteiger charge is 2.09. The average Bonchev–Trinajstić information content (AvgIpc) is 2.59. The Morgan fingerprint density at radius 1 is 1.75 bits per heavy atom. The van der Waals surface area contributed by atoms with Crippen LogP contribution < -0.4 is 5.32 Å². The van der Waals surface area contributed by atoms with Crippen LogP contribution in [0.3, 0.4) is 0 Å². The lowest BCUT2D eigenvalue weighted by molar-refractivity contribution is 0.576. The smallest absolute Gasteiger partial charge is 0.142 e. The Morgan fingerprint density at radius 2 is 2.58 bits per heavy atom. The van der Waals surface area contributed by atoms with E-state index in [9.17, 15) is 0 Å². The molecule has 1 aromatic heterocycles. The van der Waals surface area contributed by atoms with Gasteiger partial charge in [0.2, 0.25) is 0 Å². The maximum absolute atomic E-state index is 4.04. The first kappa shape index (κ1) is 8.75. The van der Waals surface area contributed by atoms with Crippen molar-refractivity contribution in [1.82, 2.24) is 20.5 Å². The van der Waals surface area contributed by atoms with Crippen LogP contribution in [0.4, 0.5) is 0 Å². The first-order valence-electron chi connectivity index (χ1n) is 3.80. The molecule has 2 N–H and O–H groups in total. The number of aromatic nitrogens is 3. The Kier molecular flexibility index (Phi) is 3.30. The van der Waals surface area contributed by atoms with E-state index in [0.717, 1.165) is 12.2 Å². The molecule has 4 nitrogen and oxygen atoms in total. The second kappa shape index (κ2) is 4.52. The minimum Gasteiger partial charge on any atom is -0.310 e. The summed E-state index contributed by atoms with van der Waals surface area (Å²) in [6.07, 6.45) is 2.25. The zero-order valence-corrected chi connectivity index (χ0v) is 7.26. The Morgan fingerprint density at radius 3 is 3.08 bits per heavy atom.